The van der Waals surface area contributed by atoms with Crippen molar-refractivity contribution in [1.29, 1.82) is 0 Å². The number of para-hydroxylation sites is 1. The first-order valence-electron chi connectivity index (χ1n) is 6.36. The van der Waals surface area contributed by atoms with Gasteiger partial charge in [-0.25, -0.2) is 0 Å². The van der Waals surface area contributed by atoms with Crippen molar-refractivity contribution in [2.45, 2.75) is 20.0 Å². The van der Waals surface area contributed by atoms with Crippen LogP contribution < -0.4 is 10.5 Å². The van der Waals surface area contributed by atoms with Crippen LogP contribution in [0.2, 0.25) is 0 Å². The molecule has 19 heavy (non-hydrogen) atoms. The van der Waals surface area contributed by atoms with E-state index in [-0.39, 0.29) is 0 Å². The van der Waals surface area contributed by atoms with Gasteiger partial charge in [0.05, 0.1) is 0 Å². The van der Waals surface area contributed by atoms with Crippen LogP contribution >= 0.6 is 15.9 Å². The van der Waals surface area contributed by atoms with Crippen molar-refractivity contribution in [3.63, 3.8) is 0 Å². The summed E-state index contributed by atoms with van der Waals surface area (Å²) in [6, 6.07) is 14.4. The van der Waals surface area contributed by atoms with E-state index in [2.05, 4.69) is 47.1 Å². The monoisotopic (exact) mass is 319 g/mol. The molecule has 100 valence electrons. The molecule has 2 rings (SSSR count). The van der Waals surface area contributed by atoms with Gasteiger partial charge in [0.15, 0.2) is 0 Å². The molecule has 0 aliphatic carbocycles. The third-order valence-electron chi connectivity index (χ3n) is 3.00. The molecule has 0 bridgehead atoms. The normalized spacial score (nSPS) is 10.5. The number of aryl methyl sites for hydroxylation is 1. The number of nitrogens with two attached hydrogens (primary N) is 1. The highest BCUT2D eigenvalue weighted by molar-refractivity contribution is 9.10. The molecular formula is C16H18BrNO. The Bertz CT molecular complexity index is 537. The minimum atomic E-state index is 0.579. The smallest absolute Gasteiger partial charge is 0.125 e. The number of ether oxygens (including phenoxy) is 1. The van der Waals surface area contributed by atoms with Crippen molar-refractivity contribution >= 4 is 15.9 Å². The largest absolute Gasteiger partial charge is 0.488 e. The van der Waals surface area contributed by atoms with Crippen LogP contribution in [0.5, 0.6) is 5.75 Å². The zero-order valence-corrected chi connectivity index (χ0v) is 12.6. The number of hydrogen-bond acceptors (Lipinski definition) is 2. The molecule has 0 fully saturated rings. The number of benzene rings is 2. The van der Waals surface area contributed by atoms with Crippen LogP contribution in [-0.4, -0.2) is 6.54 Å². The Hall–Kier alpha value is -1.32. The highest BCUT2D eigenvalue weighted by atomic mass is 79.9. The van der Waals surface area contributed by atoms with Gasteiger partial charge in [0, 0.05) is 4.47 Å². The summed E-state index contributed by atoms with van der Waals surface area (Å²) < 4.78 is 7.06. The summed E-state index contributed by atoms with van der Waals surface area (Å²) in [4.78, 5) is 0. The molecule has 3 heteroatoms. The molecule has 0 spiro atoms. The maximum absolute atomic E-state index is 5.98. The number of halogens is 1. The van der Waals surface area contributed by atoms with Crippen molar-refractivity contribution in [3.8, 4) is 5.75 Å². The Labute approximate surface area is 122 Å². The highest BCUT2D eigenvalue weighted by Gasteiger charge is 2.06. The first kappa shape index (κ1) is 14.1. The third-order valence-corrected chi connectivity index (χ3v) is 3.53. The van der Waals surface area contributed by atoms with Crippen LogP contribution in [0.15, 0.2) is 46.9 Å². The van der Waals surface area contributed by atoms with Gasteiger partial charge in [0.1, 0.15) is 12.4 Å². The lowest BCUT2D eigenvalue weighted by atomic mass is 10.1. The average molecular weight is 320 g/mol. The van der Waals surface area contributed by atoms with E-state index in [1.54, 1.807) is 0 Å². The van der Waals surface area contributed by atoms with E-state index in [1.165, 1.54) is 5.56 Å². The average Bonchev–Trinajstić information content (AvgIpc) is 2.40. The maximum Gasteiger partial charge on any atom is 0.125 e. The molecule has 0 atom stereocenters. The minimum absolute atomic E-state index is 0.579. The molecule has 0 heterocycles. The topological polar surface area (TPSA) is 35.2 Å². The summed E-state index contributed by atoms with van der Waals surface area (Å²) in [5.41, 5.74) is 9.14. The van der Waals surface area contributed by atoms with E-state index in [4.69, 9.17) is 10.5 Å². The quantitative estimate of drug-likeness (QED) is 0.908. The van der Waals surface area contributed by atoms with Crippen LogP contribution in [0, 0.1) is 6.92 Å². The maximum atomic E-state index is 5.98. The minimum Gasteiger partial charge on any atom is -0.488 e. The second-order valence-electron chi connectivity index (χ2n) is 4.52. The Morgan fingerprint density at radius 3 is 2.53 bits per heavy atom. The summed E-state index contributed by atoms with van der Waals surface area (Å²) in [6.45, 7) is 3.28. The molecule has 0 unspecified atom stereocenters. The lowest BCUT2D eigenvalue weighted by Crippen LogP contribution is -2.06. The zero-order valence-electron chi connectivity index (χ0n) is 11.0. The fourth-order valence-corrected chi connectivity index (χ4v) is 2.27. The Morgan fingerprint density at radius 2 is 1.84 bits per heavy atom. The molecule has 2 N–H and O–H groups in total. The fraction of sp³-hybridized carbons (Fsp3) is 0.250. The van der Waals surface area contributed by atoms with E-state index in [0.29, 0.717) is 13.2 Å². The Morgan fingerprint density at radius 1 is 1.11 bits per heavy atom. The van der Waals surface area contributed by atoms with Crippen LogP contribution in [-0.2, 0) is 13.0 Å². The molecule has 0 radical (unpaired) electrons. The van der Waals surface area contributed by atoms with Crippen LogP contribution in [0.4, 0.5) is 0 Å². The molecular weight excluding hydrogens is 302 g/mol. The van der Waals surface area contributed by atoms with E-state index < -0.39 is 0 Å². The molecule has 0 saturated carbocycles. The van der Waals surface area contributed by atoms with Gasteiger partial charge in [-0.3, -0.25) is 0 Å². The van der Waals surface area contributed by atoms with Crippen molar-refractivity contribution < 1.29 is 4.74 Å². The van der Waals surface area contributed by atoms with E-state index >= 15 is 0 Å². The predicted molar refractivity (Wildman–Crippen MR) is 82.4 cm³/mol. The van der Waals surface area contributed by atoms with Crippen molar-refractivity contribution in [3.05, 3.63) is 63.6 Å². The lowest BCUT2D eigenvalue weighted by molar-refractivity contribution is 0.301. The number of hydrogen-bond donors (Lipinski definition) is 1. The molecule has 0 aromatic heterocycles. The van der Waals surface area contributed by atoms with Gasteiger partial charge in [-0.05, 0) is 48.7 Å². The standard InChI is InChI=1S/C16H18BrNO/c1-12-3-2-4-14(9-10-18)16(12)19-11-13-5-7-15(17)8-6-13/h2-8H,9-11,18H2,1H3. The summed E-state index contributed by atoms with van der Waals surface area (Å²) >= 11 is 3.43. The fourth-order valence-electron chi connectivity index (χ4n) is 2.01. The third kappa shape index (κ3) is 3.82. The molecule has 2 nitrogen and oxygen atoms in total. The van der Waals surface area contributed by atoms with Crippen molar-refractivity contribution in [1.82, 2.24) is 0 Å². The first-order chi connectivity index (χ1) is 9.20. The molecule has 2 aromatic rings. The summed E-state index contributed by atoms with van der Waals surface area (Å²) in [5.74, 6) is 0.968. The first-order valence-corrected chi connectivity index (χ1v) is 7.16. The van der Waals surface area contributed by atoms with Gasteiger partial charge in [0.2, 0.25) is 0 Å². The number of rotatable bonds is 5. The van der Waals surface area contributed by atoms with E-state index in [1.807, 2.05) is 18.2 Å². The van der Waals surface area contributed by atoms with Gasteiger partial charge < -0.3 is 10.5 Å². The summed E-state index contributed by atoms with van der Waals surface area (Å²) in [5, 5.41) is 0. The molecule has 0 saturated heterocycles. The molecule has 0 amide bonds. The Balaban J connectivity index is 2.12. The van der Waals surface area contributed by atoms with E-state index in [9.17, 15) is 0 Å². The zero-order chi connectivity index (χ0) is 13.7. The molecule has 0 aliphatic rings. The van der Waals surface area contributed by atoms with Gasteiger partial charge in [-0.15, -0.1) is 0 Å². The van der Waals surface area contributed by atoms with Gasteiger partial charge >= 0.3 is 0 Å². The van der Waals surface area contributed by atoms with Crippen LogP contribution in [0.1, 0.15) is 16.7 Å². The molecule has 0 aliphatic heterocycles. The second-order valence-corrected chi connectivity index (χ2v) is 5.43. The summed E-state index contributed by atoms with van der Waals surface area (Å²) in [6.07, 6.45) is 0.845. The van der Waals surface area contributed by atoms with Crippen molar-refractivity contribution in [2.75, 3.05) is 6.54 Å². The second kappa shape index (κ2) is 6.73. The van der Waals surface area contributed by atoms with E-state index in [0.717, 1.165) is 27.8 Å². The SMILES string of the molecule is Cc1cccc(CCN)c1OCc1ccc(Br)cc1. The van der Waals surface area contributed by atoms with Gasteiger partial charge in [-0.1, -0.05) is 46.3 Å². The van der Waals surface area contributed by atoms with Gasteiger partial charge in [-0.2, -0.15) is 0 Å². The Kier molecular flexibility index (Phi) is 5.00. The highest BCUT2D eigenvalue weighted by Crippen LogP contribution is 2.25. The van der Waals surface area contributed by atoms with Crippen molar-refractivity contribution in [2.24, 2.45) is 5.73 Å². The summed E-state index contributed by atoms with van der Waals surface area (Å²) in [7, 11) is 0. The predicted octanol–water partition coefficient (Wildman–Crippen LogP) is 3.84. The molecule has 2 aromatic carbocycles. The van der Waals surface area contributed by atoms with Crippen LogP contribution in [0.3, 0.4) is 0 Å². The van der Waals surface area contributed by atoms with Gasteiger partial charge in [0.25, 0.3) is 0 Å². The van der Waals surface area contributed by atoms with Crippen LogP contribution in [0.25, 0.3) is 0 Å². The lowest BCUT2D eigenvalue weighted by Gasteiger charge is -2.14.